The molecule has 0 aliphatic heterocycles. The monoisotopic (exact) mass is 714 g/mol. The molecule has 0 bridgehead atoms. The highest BCUT2D eigenvalue weighted by Gasteiger charge is 2.48. The largest absolute Gasteiger partial charge is 0.309 e. The van der Waals surface area contributed by atoms with Gasteiger partial charge in [-0.1, -0.05) is 182 Å². The van der Waals surface area contributed by atoms with Crippen molar-refractivity contribution < 1.29 is 0 Å². The van der Waals surface area contributed by atoms with Gasteiger partial charge in [0.1, 0.15) is 5.41 Å². The van der Waals surface area contributed by atoms with Gasteiger partial charge in [0.25, 0.3) is 0 Å². The summed E-state index contributed by atoms with van der Waals surface area (Å²) in [5.41, 5.74) is 12.5. The molecule has 1 aliphatic carbocycles. The summed E-state index contributed by atoms with van der Waals surface area (Å²) in [7, 11) is 0. The zero-order valence-electron chi connectivity index (χ0n) is 30.4. The third kappa shape index (κ3) is 4.89. The molecule has 262 valence electrons. The van der Waals surface area contributed by atoms with Gasteiger partial charge in [0.2, 0.25) is 0 Å². The van der Waals surface area contributed by atoms with Crippen LogP contribution in [-0.4, -0.2) is 19.5 Å². The average molecular weight is 715 g/mol. The SMILES string of the molecule is c1ccc(-c2ccc(-c3nc(-c4ccc5c6ccccc6n(-c6ccccc6)c5c4)nc(C4(c5ccccc5)c5ccccc5-c5ccccc54)n3)cc2)cc1. The zero-order valence-corrected chi connectivity index (χ0v) is 30.4. The Bertz CT molecular complexity index is 3010. The number of nitrogens with zero attached hydrogens (tertiary/aromatic N) is 4. The van der Waals surface area contributed by atoms with E-state index >= 15 is 0 Å². The minimum Gasteiger partial charge on any atom is -0.309 e. The fourth-order valence-electron chi connectivity index (χ4n) is 8.81. The number of rotatable bonds is 6. The van der Waals surface area contributed by atoms with Crippen molar-refractivity contribution in [1.82, 2.24) is 19.5 Å². The molecule has 0 radical (unpaired) electrons. The van der Waals surface area contributed by atoms with Gasteiger partial charge in [-0.25, -0.2) is 15.0 Å². The molecule has 0 saturated carbocycles. The van der Waals surface area contributed by atoms with E-state index in [0.29, 0.717) is 17.5 Å². The van der Waals surface area contributed by atoms with Crippen molar-refractivity contribution in [3.05, 3.63) is 229 Å². The van der Waals surface area contributed by atoms with Crippen molar-refractivity contribution in [2.45, 2.75) is 5.41 Å². The van der Waals surface area contributed by atoms with Crippen molar-refractivity contribution in [3.63, 3.8) is 0 Å². The number of hydrogen-bond donors (Lipinski definition) is 0. The summed E-state index contributed by atoms with van der Waals surface area (Å²) in [5.74, 6) is 1.95. The van der Waals surface area contributed by atoms with Crippen LogP contribution < -0.4 is 0 Å². The summed E-state index contributed by atoms with van der Waals surface area (Å²) in [6.45, 7) is 0. The number of fused-ring (bicyclic) bond motifs is 6. The highest BCUT2D eigenvalue weighted by atomic mass is 15.1. The molecule has 56 heavy (non-hydrogen) atoms. The van der Waals surface area contributed by atoms with Crippen molar-refractivity contribution in [1.29, 1.82) is 0 Å². The minimum atomic E-state index is -0.784. The second kappa shape index (κ2) is 12.9. The molecule has 0 amide bonds. The topological polar surface area (TPSA) is 43.6 Å². The fraction of sp³-hybridized carbons (Fsp3) is 0.0192. The Morgan fingerprint density at radius 3 is 1.55 bits per heavy atom. The summed E-state index contributed by atoms with van der Waals surface area (Å²) in [6, 6.07) is 73.0. The molecule has 4 heteroatoms. The Kier molecular flexibility index (Phi) is 7.36. The van der Waals surface area contributed by atoms with Crippen LogP contribution >= 0.6 is 0 Å². The maximum atomic E-state index is 5.55. The van der Waals surface area contributed by atoms with Gasteiger partial charge in [-0.2, -0.15) is 0 Å². The van der Waals surface area contributed by atoms with Gasteiger partial charge >= 0.3 is 0 Å². The maximum Gasteiger partial charge on any atom is 0.163 e. The van der Waals surface area contributed by atoms with Gasteiger partial charge in [-0.15, -0.1) is 0 Å². The smallest absolute Gasteiger partial charge is 0.163 e. The molecule has 2 heterocycles. The standard InChI is InChI=1S/C52H34N4/c1-4-16-35(17-5-1)36-28-30-37(31-29-36)49-53-50(38-32-33-44-43-24-12-15-27-47(43)56(48(44)34-38)40-20-8-3-9-21-40)55-51(54-49)52(39-18-6-2-7-19-39)45-25-13-10-22-41(45)42-23-11-14-26-46(42)52/h1-34H. The summed E-state index contributed by atoms with van der Waals surface area (Å²) < 4.78 is 2.34. The Morgan fingerprint density at radius 1 is 0.357 bits per heavy atom. The van der Waals surface area contributed by atoms with E-state index in [4.69, 9.17) is 15.0 Å². The van der Waals surface area contributed by atoms with E-state index in [-0.39, 0.29) is 0 Å². The highest BCUT2D eigenvalue weighted by Crippen LogP contribution is 2.55. The molecule has 0 saturated heterocycles. The summed E-state index contributed by atoms with van der Waals surface area (Å²) >= 11 is 0. The van der Waals surface area contributed by atoms with Crippen LogP contribution in [0.4, 0.5) is 0 Å². The molecule has 0 fully saturated rings. The predicted molar refractivity (Wildman–Crippen MR) is 228 cm³/mol. The van der Waals surface area contributed by atoms with E-state index in [0.717, 1.165) is 50.1 Å². The lowest BCUT2D eigenvalue weighted by Crippen LogP contribution is -2.31. The molecule has 0 unspecified atom stereocenters. The van der Waals surface area contributed by atoms with Crippen molar-refractivity contribution in [3.8, 4) is 50.7 Å². The van der Waals surface area contributed by atoms with Crippen LogP contribution in [0.2, 0.25) is 0 Å². The second-order valence-corrected chi connectivity index (χ2v) is 14.4. The number of hydrogen-bond acceptors (Lipinski definition) is 3. The quantitative estimate of drug-likeness (QED) is 0.172. The lowest BCUT2D eigenvalue weighted by atomic mass is 9.71. The third-order valence-corrected chi connectivity index (χ3v) is 11.3. The molecule has 0 N–H and O–H groups in total. The van der Waals surface area contributed by atoms with E-state index in [9.17, 15) is 0 Å². The van der Waals surface area contributed by atoms with Crippen LogP contribution in [-0.2, 0) is 5.41 Å². The molecule has 0 atom stereocenters. The van der Waals surface area contributed by atoms with Gasteiger partial charge in [-0.05, 0) is 63.2 Å². The predicted octanol–water partition coefficient (Wildman–Crippen LogP) is 12.3. The van der Waals surface area contributed by atoms with Crippen LogP contribution in [0, 0.1) is 0 Å². The highest BCUT2D eigenvalue weighted by molar-refractivity contribution is 6.10. The minimum absolute atomic E-state index is 0.626. The first-order chi connectivity index (χ1) is 27.8. The molecule has 4 nitrogen and oxygen atoms in total. The van der Waals surface area contributed by atoms with Gasteiger partial charge in [-0.3, -0.25) is 0 Å². The average Bonchev–Trinajstić information content (AvgIpc) is 3.78. The van der Waals surface area contributed by atoms with E-state index in [2.05, 4.69) is 205 Å². The van der Waals surface area contributed by atoms with Gasteiger partial charge < -0.3 is 4.57 Å². The lowest BCUT2D eigenvalue weighted by Gasteiger charge is -2.32. The number of para-hydroxylation sites is 2. The molecule has 10 aromatic rings. The molecular formula is C52H34N4. The van der Waals surface area contributed by atoms with Crippen LogP contribution in [0.15, 0.2) is 206 Å². The molecule has 2 aromatic heterocycles. The third-order valence-electron chi connectivity index (χ3n) is 11.3. The summed E-state index contributed by atoms with van der Waals surface area (Å²) in [4.78, 5) is 16.4. The first-order valence-electron chi connectivity index (χ1n) is 19.0. The lowest BCUT2D eigenvalue weighted by molar-refractivity contribution is 0.692. The van der Waals surface area contributed by atoms with Gasteiger partial charge in [0.05, 0.1) is 11.0 Å². The van der Waals surface area contributed by atoms with Crippen LogP contribution in [0.25, 0.3) is 72.5 Å². The molecule has 8 aromatic carbocycles. The van der Waals surface area contributed by atoms with Gasteiger partial charge in [0, 0.05) is 27.6 Å². The first-order valence-corrected chi connectivity index (χ1v) is 19.0. The van der Waals surface area contributed by atoms with E-state index in [1.165, 1.54) is 27.5 Å². The molecule has 1 aliphatic rings. The second-order valence-electron chi connectivity index (χ2n) is 14.4. The molecule has 0 spiro atoms. The Morgan fingerprint density at radius 2 is 0.857 bits per heavy atom. The van der Waals surface area contributed by atoms with Crippen LogP contribution in [0.1, 0.15) is 22.5 Å². The number of benzene rings is 8. The normalized spacial score (nSPS) is 12.8. The van der Waals surface area contributed by atoms with E-state index in [1.807, 2.05) is 6.07 Å². The van der Waals surface area contributed by atoms with Gasteiger partial charge in [0.15, 0.2) is 17.5 Å². The fourth-order valence-corrected chi connectivity index (χ4v) is 8.81. The molecule has 11 rings (SSSR count). The van der Waals surface area contributed by atoms with Crippen molar-refractivity contribution in [2.75, 3.05) is 0 Å². The first kappa shape index (κ1) is 32.0. The van der Waals surface area contributed by atoms with Crippen molar-refractivity contribution in [2.24, 2.45) is 0 Å². The van der Waals surface area contributed by atoms with E-state index in [1.54, 1.807) is 0 Å². The Labute approximate surface area is 325 Å². The zero-order chi connectivity index (χ0) is 37.1. The Hall–Kier alpha value is -7.43. The number of aromatic nitrogens is 4. The van der Waals surface area contributed by atoms with Crippen LogP contribution in [0.5, 0.6) is 0 Å². The Balaban J connectivity index is 1.20. The van der Waals surface area contributed by atoms with Crippen LogP contribution in [0.3, 0.4) is 0 Å². The van der Waals surface area contributed by atoms with Crippen molar-refractivity contribution >= 4 is 21.8 Å². The molecular weight excluding hydrogens is 681 g/mol. The summed E-state index contributed by atoms with van der Waals surface area (Å²) in [6.07, 6.45) is 0. The maximum absolute atomic E-state index is 5.55. The van der Waals surface area contributed by atoms with E-state index < -0.39 is 5.41 Å². The summed E-state index contributed by atoms with van der Waals surface area (Å²) in [5, 5.41) is 2.38.